The van der Waals surface area contributed by atoms with Crippen molar-refractivity contribution in [3.8, 4) is 11.4 Å². The molecule has 178 valence electrons. The highest BCUT2D eigenvalue weighted by molar-refractivity contribution is 9.10. The Morgan fingerprint density at radius 3 is 2.85 bits per heavy atom. The summed E-state index contributed by atoms with van der Waals surface area (Å²) in [5.41, 5.74) is 2.18. The fourth-order valence-electron chi connectivity index (χ4n) is 3.92. The summed E-state index contributed by atoms with van der Waals surface area (Å²) in [5.74, 6) is 0.865. The van der Waals surface area contributed by atoms with E-state index >= 15 is 0 Å². The molecule has 3 aromatic heterocycles. The number of halogens is 1. The van der Waals surface area contributed by atoms with Crippen molar-refractivity contribution in [1.29, 1.82) is 0 Å². The Kier molecular flexibility index (Phi) is 6.44. The Balaban J connectivity index is 1.40. The first kappa shape index (κ1) is 22.7. The number of aromatic nitrogens is 6. The molecule has 0 spiro atoms. The molecule has 4 aromatic rings. The summed E-state index contributed by atoms with van der Waals surface area (Å²) in [7, 11) is 1.85. The number of aryl methyl sites for hydroxylation is 1. The zero-order chi connectivity index (χ0) is 23.7. The molecule has 1 atom stereocenters. The summed E-state index contributed by atoms with van der Waals surface area (Å²) < 4.78 is 9.56. The first-order valence-electron chi connectivity index (χ1n) is 11.2. The van der Waals surface area contributed by atoms with Crippen LogP contribution < -0.4 is 10.6 Å². The monoisotopic (exact) mass is 527 g/mol. The predicted molar refractivity (Wildman–Crippen MR) is 132 cm³/mol. The third kappa shape index (κ3) is 4.61. The Morgan fingerprint density at radius 1 is 1.26 bits per heavy atom. The summed E-state index contributed by atoms with van der Waals surface area (Å²) in [5, 5.41) is 16.0. The summed E-state index contributed by atoms with van der Waals surface area (Å²) in [4.78, 5) is 24.6. The molecule has 0 aliphatic carbocycles. The van der Waals surface area contributed by atoms with E-state index in [1.54, 1.807) is 22.3 Å². The number of morpholine rings is 1. The van der Waals surface area contributed by atoms with Crippen LogP contribution >= 0.6 is 15.9 Å². The Morgan fingerprint density at radius 2 is 2.09 bits per heavy atom. The predicted octanol–water partition coefficient (Wildman–Crippen LogP) is 1.69. The van der Waals surface area contributed by atoms with Gasteiger partial charge in [-0.1, -0.05) is 6.07 Å². The number of benzene rings is 1. The van der Waals surface area contributed by atoms with Gasteiger partial charge < -0.3 is 15.4 Å². The minimum absolute atomic E-state index is 0.108. The van der Waals surface area contributed by atoms with E-state index in [4.69, 9.17) is 14.7 Å². The fraction of sp³-hybridized carbons (Fsp3) is 0.409. The van der Waals surface area contributed by atoms with Gasteiger partial charge in [0.25, 0.3) is 0 Å². The van der Waals surface area contributed by atoms with Gasteiger partial charge in [0.2, 0.25) is 11.9 Å². The molecule has 1 amide bonds. The highest BCUT2D eigenvalue weighted by Gasteiger charge is 2.20. The lowest BCUT2D eigenvalue weighted by molar-refractivity contribution is -0.121. The molecule has 1 aromatic carbocycles. The highest BCUT2D eigenvalue weighted by atomic mass is 79.9. The molecule has 12 heteroatoms. The maximum atomic E-state index is 12.8. The van der Waals surface area contributed by atoms with E-state index in [1.165, 1.54) is 0 Å². The fourth-order valence-corrected chi connectivity index (χ4v) is 4.38. The second kappa shape index (κ2) is 9.65. The van der Waals surface area contributed by atoms with Crippen LogP contribution in [0.5, 0.6) is 0 Å². The molecule has 1 aliphatic rings. The van der Waals surface area contributed by atoms with Gasteiger partial charge in [0, 0.05) is 49.3 Å². The first-order chi connectivity index (χ1) is 16.5. The van der Waals surface area contributed by atoms with E-state index in [-0.39, 0.29) is 5.91 Å². The second-order valence-electron chi connectivity index (χ2n) is 8.26. The van der Waals surface area contributed by atoms with Gasteiger partial charge in [-0.15, -0.1) is 5.10 Å². The summed E-state index contributed by atoms with van der Waals surface area (Å²) in [6.45, 7) is 6.44. The lowest BCUT2D eigenvalue weighted by Gasteiger charge is -2.26. The average Bonchev–Trinajstić information content (AvgIpc) is 3.47. The van der Waals surface area contributed by atoms with Crippen molar-refractivity contribution in [3.63, 3.8) is 0 Å². The Hall–Kier alpha value is -3.09. The van der Waals surface area contributed by atoms with Crippen LogP contribution in [0.4, 0.5) is 5.95 Å². The van der Waals surface area contributed by atoms with Crippen LogP contribution in [0.25, 0.3) is 27.9 Å². The third-order valence-electron chi connectivity index (χ3n) is 5.79. The lowest BCUT2D eigenvalue weighted by atomic mass is 10.2. The molecule has 2 N–H and O–H groups in total. The number of fused-ring (bicyclic) bond motifs is 3. The second-order valence-corrected chi connectivity index (χ2v) is 9.11. The van der Waals surface area contributed by atoms with E-state index in [2.05, 4.69) is 41.7 Å². The quantitative estimate of drug-likeness (QED) is 0.373. The molecule has 0 bridgehead atoms. The standard InChI is InChI=1S/C22H26BrN9O2/c1-14(21(33)24-6-7-31-8-10-34-11-9-31)26-22-27-18-16(4-3-5-17(18)23)20-28-19(29-32(20)22)15-12-25-30(2)13-15/h3-5,12-14H,6-11H2,1-2H3,(H,24,33)(H,26,27)/t14-/m1/s1. The van der Waals surface area contributed by atoms with Crippen LogP contribution in [-0.4, -0.2) is 85.6 Å². The van der Waals surface area contributed by atoms with Gasteiger partial charge in [-0.05, 0) is 35.0 Å². The van der Waals surface area contributed by atoms with Gasteiger partial charge in [-0.3, -0.25) is 14.4 Å². The van der Waals surface area contributed by atoms with Crippen molar-refractivity contribution >= 4 is 44.3 Å². The molecule has 0 unspecified atom stereocenters. The van der Waals surface area contributed by atoms with Crippen molar-refractivity contribution in [2.75, 3.05) is 44.7 Å². The summed E-state index contributed by atoms with van der Waals surface area (Å²) in [6.07, 6.45) is 3.58. The molecule has 5 rings (SSSR count). The minimum atomic E-state index is -0.522. The van der Waals surface area contributed by atoms with Crippen LogP contribution in [0.15, 0.2) is 35.1 Å². The van der Waals surface area contributed by atoms with Crippen LogP contribution in [0.3, 0.4) is 0 Å². The van der Waals surface area contributed by atoms with Crippen molar-refractivity contribution in [2.45, 2.75) is 13.0 Å². The number of hydrogen-bond donors (Lipinski definition) is 2. The molecule has 0 saturated carbocycles. The number of anilines is 1. The van der Waals surface area contributed by atoms with Crippen molar-refractivity contribution in [1.82, 2.24) is 39.6 Å². The number of nitrogens with zero attached hydrogens (tertiary/aromatic N) is 7. The summed E-state index contributed by atoms with van der Waals surface area (Å²) in [6, 6.07) is 5.29. The number of hydrogen-bond acceptors (Lipinski definition) is 8. The van der Waals surface area contributed by atoms with Crippen molar-refractivity contribution in [2.24, 2.45) is 7.05 Å². The van der Waals surface area contributed by atoms with E-state index in [0.717, 1.165) is 53.8 Å². The molecule has 11 nitrogen and oxygen atoms in total. The zero-order valence-corrected chi connectivity index (χ0v) is 20.6. The molecular formula is C22H26BrN9O2. The van der Waals surface area contributed by atoms with Gasteiger partial charge in [0.1, 0.15) is 6.04 Å². The Bertz CT molecular complexity index is 1330. The van der Waals surface area contributed by atoms with Crippen LogP contribution in [-0.2, 0) is 16.6 Å². The van der Waals surface area contributed by atoms with Gasteiger partial charge in [0.05, 0.1) is 30.5 Å². The molecular weight excluding hydrogens is 502 g/mol. The largest absolute Gasteiger partial charge is 0.379 e. The molecule has 0 radical (unpaired) electrons. The molecule has 1 saturated heterocycles. The molecule has 1 aliphatic heterocycles. The smallest absolute Gasteiger partial charge is 0.242 e. The number of nitrogens with one attached hydrogen (secondary N) is 2. The number of ether oxygens (including phenoxy) is 1. The number of amides is 1. The molecule has 34 heavy (non-hydrogen) atoms. The maximum absolute atomic E-state index is 12.8. The van der Waals surface area contributed by atoms with E-state index in [9.17, 15) is 4.79 Å². The van der Waals surface area contributed by atoms with Crippen LogP contribution in [0.2, 0.25) is 0 Å². The molecule has 1 fully saturated rings. The van der Waals surface area contributed by atoms with E-state index in [0.29, 0.717) is 24.0 Å². The summed E-state index contributed by atoms with van der Waals surface area (Å²) >= 11 is 3.59. The molecule has 4 heterocycles. The number of rotatable bonds is 7. The van der Waals surface area contributed by atoms with Crippen LogP contribution in [0.1, 0.15) is 6.92 Å². The number of para-hydroxylation sites is 1. The van der Waals surface area contributed by atoms with Crippen molar-refractivity contribution in [3.05, 3.63) is 35.1 Å². The van der Waals surface area contributed by atoms with Gasteiger partial charge in [-0.25, -0.2) is 9.97 Å². The van der Waals surface area contributed by atoms with Gasteiger partial charge in [-0.2, -0.15) is 9.61 Å². The highest BCUT2D eigenvalue weighted by Crippen LogP contribution is 2.28. The topological polar surface area (TPSA) is 114 Å². The van der Waals surface area contributed by atoms with E-state index < -0.39 is 6.04 Å². The van der Waals surface area contributed by atoms with E-state index in [1.807, 2.05) is 31.4 Å². The number of carbonyl (C=O) groups excluding carboxylic acids is 1. The normalized spacial score (nSPS) is 15.6. The average molecular weight is 528 g/mol. The maximum Gasteiger partial charge on any atom is 0.242 e. The zero-order valence-electron chi connectivity index (χ0n) is 19.0. The first-order valence-corrected chi connectivity index (χ1v) is 12.0. The Labute approximate surface area is 204 Å². The third-order valence-corrected chi connectivity index (χ3v) is 6.43. The lowest BCUT2D eigenvalue weighted by Crippen LogP contribution is -2.44. The van der Waals surface area contributed by atoms with Crippen LogP contribution in [0, 0.1) is 0 Å². The SMILES string of the molecule is C[C@@H](Nc1nc2c(Br)cccc2c2nc(-c3cnn(C)c3)nn12)C(=O)NCCN1CCOCC1. The number of carbonyl (C=O) groups is 1. The van der Waals surface area contributed by atoms with Crippen molar-refractivity contribution < 1.29 is 9.53 Å². The van der Waals surface area contributed by atoms with Gasteiger partial charge >= 0.3 is 0 Å². The minimum Gasteiger partial charge on any atom is -0.379 e. The van der Waals surface area contributed by atoms with Gasteiger partial charge in [0.15, 0.2) is 11.5 Å².